The van der Waals surface area contributed by atoms with Gasteiger partial charge in [0, 0.05) is 6.07 Å². The van der Waals surface area contributed by atoms with Gasteiger partial charge in [0.25, 0.3) is 0 Å². The molecule has 1 aliphatic heterocycles. The Morgan fingerprint density at radius 2 is 2.20 bits per heavy atom. The van der Waals surface area contributed by atoms with Gasteiger partial charge in [-0.1, -0.05) is 0 Å². The molecule has 0 atom stereocenters. The minimum Gasteiger partial charge on any atom is -0.508 e. The molecule has 2 rings (SSSR count). The fraction of sp³-hybridized carbons (Fsp3) is 0.100. The van der Waals surface area contributed by atoms with Crippen molar-refractivity contribution in [2.24, 2.45) is 0 Å². The highest BCUT2D eigenvalue weighted by Crippen LogP contribution is 2.35. The van der Waals surface area contributed by atoms with Gasteiger partial charge in [-0.3, -0.25) is 0 Å². The van der Waals surface area contributed by atoms with Crippen LogP contribution in [-0.4, -0.2) is 18.2 Å². The van der Waals surface area contributed by atoms with Crippen LogP contribution >= 0.6 is 0 Å². The predicted molar refractivity (Wildman–Crippen MR) is 49.5 cm³/mol. The van der Waals surface area contributed by atoms with Crippen molar-refractivity contribution >= 4 is 5.97 Å². The first-order valence-electron chi connectivity index (χ1n) is 4.16. The molecule has 0 aromatic heterocycles. The standard InChI is InChI=1S/C10H8O5/c1-13-10(12)9-5-14-8-4-6(11)2-3-7(8)15-9/h2-5,11H,1H3. The molecule has 1 heterocycles. The summed E-state index contributed by atoms with van der Waals surface area (Å²) in [6, 6.07) is 4.32. The summed E-state index contributed by atoms with van der Waals surface area (Å²) in [5, 5.41) is 9.16. The zero-order chi connectivity index (χ0) is 10.8. The highest BCUT2D eigenvalue weighted by molar-refractivity contribution is 5.86. The molecule has 5 nitrogen and oxygen atoms in total. The molecule has 1 aromatic rings. The summed E-state index contributed by atoms with van der Waals surface area (Å²) < 4.78 is 14.7. The Kier molecular flexibility index (Phi) is 2.21. The average Bonchev–Trinajstić information content (AvgIpc) is 2.27. The van der Waals surface area contributed by atoms with Crippen LogP contribution in [0.25, 0.3) is 0 Å². The Labute approximate surface area is 85.5 Å². The van der Waals surface area contributed by atoms with E-state index in [0.29, 0.717) is 11.5 Å². The normalized spacial score (nSPS) is 13.0. The Morgan fingerprint density at radius 1 is 1.40 bits per heavy atom. The Balaban J connectivity index is 2.27. The number of phenols is 1. The molecule has 5 heteroatoms. The van der Waals surface area contributed by atoms with Crippen molar-refractivity contribution in [1.82, 2.24) is 0 Å². The van der Waals surface area contributed by atoms with Crippen molar-refractivity contribution in [3.8, 4) is 17.2 Å². The molecule has 1 aliphatic rings. The molecule has 0 fully saturated rings. The largest absolute Gasteiger partial charge is 0.508 e. The van der Waals surface area contributed by atoms with Crippen LogP contribution in [-0.2, 0) is 9.53 Å². The van der Waals surface area contributed by atoms with E-state index in [1.807, 2.05) is 0 Å². The number of fused-ring (bicyclic) bond motifs is 1. The van der Waals surface area contributed by atoms with Gasteiger partial charge in [0.05, 0.1) is 7.11 Å². The van der Waals surface area contributed by atoms with Crippen molar-refractivity contribution in [3.05, 3.63) is 30.2 Å². The highest BCUT2D eigenvalue weighted by Gasteiger charge is 2.20. The highest BCUT2D eigenvalue weighted by atomic mass is 16.6. The van der Waals surface area contributed by atoms with Crippen LogP contribution in [0.4, 0.5) is 0 Å². The van der Waals surface area contributed by atoms with Crippen molar-refractivity contribution in [2.75, 3.05) is 7.11 Å². The lowest BCUT2D eigenvalue weighted by Crippen LogP contribution is -2.15. The van der Waals surface area contributed by atoms with E-state index in [4.69, 9.17) is 14.6 Å². The van der Waals surface area contributed by atoms with Crippen molar-refractivity contribution < 1.29 is 24.1 Å². The lowest BCUT2D eigenvalue weighted by molar-refractivity contribution is -0.138. The second-order valence-electron chi connectivity index (χ2n) is 2.82. The molecule has 0 bridgehead atoms. The quantitative estimate of drug-likeness (QED) is 0.702. The van der Waals surface area contributed by atoms with Gasteiger partial charge in [-0.2, -0.15) is 0 Å². The zero-order valence-electron chi connectivity index (χ0n) is 7.89. The first-order valence-corrected chi connectivity index (χ1v) is 4.16. The maximum atomic E-state index is 11.1. The van der Waals surface area contributed by atoms with E-state index in [-0.39, 0.29) is 11.5 Å². The number of rotatable bonds is 1. The first-order chi connectivity index (χ1) is 7.20. The Morgan fingerprint density at radius 3 is 2.93 bits per heavy atom. The minimum atomic E-state index is -0.617. The lowest BCUT2D eigenvalue weighted by Gasteiger charge is -2.16. The molecule has 0 amide bonds. The number of aromatic hydroxyl groups is 1. The molecule has 1 aromatic carbocycles. The van der Waals surface area contributed by atoms with Crippen molar-refractivity contribution in [3.63, 3.8) is 0 Å². The van der Waals surface area contributed by atoms with E-state index in [1.165, 1.54) is 25.3 Å². The number of esters is 1. The molecule has 0 saturated heterocycles. The summed E-state index contributed by atoms with van der Waals surface area (Å²) in [6.45, 7) is 0. The molecule has 15 heavy (non-hydrogen) atoms. The van der Waals surface area contributed by atoms with Gasteiger partial charge >= 0.3 is 5.97 Å². The van der Waals surface area contributed by atoms with Gasteiger partial charge in [0.1, 0.15) is 12.0 Å². The first kappa shape index (κ1) is 9.39. The van der Waals surface area contributed by atoms with E-state index in [2.05, 4.69) is 4.74 Å². The molecular formula is C10H8O5. The molecule has 0 unspecified atom stereocenters. The number of carbonyl (C=O) groups excluding carboxylic acids is 1. The second-order valence-corrected chi connectivity index (χ2v) is 2.82. The second kappa shape index (κ2) is 3.53. The summed E-state index contributed by atoms with van der Waals surface area (Å²) in [5.41, 5.74) is 0. The van der Waals surface area contributed by atoms with E-state index in [1.54, 1.807) is 0 Å². The van der Waals surface area contributed by atoms with Crippen molar-refractivity contribution in [2.45, 2.75) is 0 Å². The summed E-state index contributed by atoms with van der Waals surface area (Å²) in [5.74, 6) is 0.120. The Bertz CT molecular complexity index is 435. The number of methoxy groups -OCH3 is 1. The predicted octanol–water partition coefficient (Wildman–Crippen LogP) is 1.18. The van der Waals surface area contributed by atoms with E-state index in [0.717, 1.165) is 6.26 Å². The van der Waals surface area contributed by atoms with Crippen LogP contribution in [0.3, 0.4) is 0 Å². The van der Waals surface area contributed by atoms with Gasteiger partial charge in [-0.05, 0) is 12.1 Å². The summed E-state index contributed by atoms with van der Waals surface area (Å²) in [6.07, 6.45) is 1.13. The SMILES string of the molecule is COC(=O)C1=COc2cc(O)ccc2O1. The number of hydrogen-bond donors (Lipinski definition) is 1. The number of ether oxygens (including phenoxy) is 3. The smallest absolute Gasteiger partial charge is 0.377 e. The fourth-order valence-corrected chi connectivity index (χ4v) is 1.12. The minimum absolute atomic E-state index is 0.0318. The van der Waals surface area contributed by atoms with Crippen LogP contribution in [0, 0.1) is 0 Å². The lowest BCUT2D eigenvalue weighted by atomic mass is 10.3. The van der Waals surface area contributed by atoms with Gasteiger partial charge in [0.15, 0.2) is 11.5 Å². The van der Waals surface area contributed by atoms with E-state index in [9.17, 15) is 4.79 Å². The molecule has 0 aliphatic carbocycles. The summed E-state index contributed by atoms with van der Waals surface area (Å²) >= 11 is 0. The number of benzene rings is 1. The molecule has 0 saturated carbocycles. The monoisotopic (exact) mass is 208 g/mol. The van der Waals surface area contributed by atoms with E-state index < -0.39 is 5.97 Å². The average molecular weight is 208 g/mol. The fourth-order valence-electron chi connectivity index (χ4n) is 1.12. The molecule has 1 N–H and O–H groups in total. The number of phenolic OH excluding ortho intramolecular Hbond substituents is 1. The molecule has 0 radical (unpaired) electrons. The zero-order valence-corrected chi connectivity index (χ0v) is 7.89. The van der Waals surface area contributed by atoms with Gasteiger partial charge < -0.3 is 19.3 Å². The number of hydrogen-bond acceptors (Lipinski definition) is 5. The molecule has 0 spiro atoms. The molecular weight excluding hydrogens is 200 g/mol. The van der Waals surface area contributed by atoms with Gasteiger partial charge in [-0.25, -0.2) is 4.79 Å². The maximum Gasteiger partial charge on any atom is 0.377 e. The van der Waals surface area contributed by atoms with E-state index >= 15 is 0 Å². The van der Waals surface area contributed by atoms with Crippen LogP contribution in [0.15, 0.2) is 30.2 Å². The third-order valence-electron chi connectivity index (χ3n) is 1.83. The van der Waals surface area contributed by atoms with Gasteiger partial charge in [-0.15, -0.1) is 0 Å². The molecule has 78 valence electrons. The van der Waals surface area contributed by atoms with Crippen molar-refractivity contribution in [1.29, 1.82) is 0 Å². The summed E-state index contributed by atoms with van der Waals surface area (Å²) in [4.78, 5) is 11.1. The van der Waals surface area contributed by atoms with Gasteiger partial charge in [0.2, 0.25) is 5.76 Å². The number of carbonyl (C=O) groups is 1. The summed E-state index contributed by atoms with van der Waals surface area (Å²) in [7, 11) is 1.25. The van der Waals surface area contributed by atoms with Crippen LogP contribution in [0.1, 0.15) is 0 Å². The van der Waals surface area contributed by atoms with Crippen LogP contribution in [0.2, 0.25) is 0 Å². The Hall–Kier alpha value is -2.17. The van der Waals surface area contributed by atoms with Crippen LogP contribution in [0.5, 0.6) is 17.2 Å². The third-order valence-corrected chi connectivity index (χ3v) is 1.83. The topological polar surface area (TPSA) is 65.0 Å². The van der Waals surface area contributed by atoms with Crippen LogP contribution < -0.4 is 9.47 Å². The maximum absolute atomic E-state index is 11.1. The third kappa shape index (κ3) is 1.71.